The van der Waals surface area contributed by atoms with Crippen LogP contribution in [0.5, 0.6) is 5.75 Å². The molecule has 5 rings (SSSR count). The Hall–Kier alpha value is -4.60. The standard InChI is InChI=1S/C25H20F2N6O2/c1-35-18-8-4-7-17(12-18)33-23-22(14-30-24(31-23)29-13-16-6-2-3-11-28-16)32(25(33)34)15-19-20(26)9-5-10-21(19)27/h2-12,14H,13,15H2,1H3,(H,29,30,31). The fraction of sp³-hybridized carbons (Fsp3) is 0.120. The van der Waals surface area contributed by atoms with Crippen molar-refractivity contribution in [3.05, 3.63) is 106 Å². The number of anilines is 1. The third kappa shape index (κ3) is 4.33. The predicted molar refractivity (Wildman–Crippen MR) is 127 cm³/mol. The number of nitrogens with zero attached hydrogens (tertiary/aromatic N) is 5. The maximum Gasteiger partial charge on any atom is 0.335 e. The highest BCUT2D eigenvalue weighted by Gasteiger charge is 2.20. The van der Waals surface area contributed by atoms with Gasteiger partial charge in [-0.05, 0) is 36.4 Å². The van der Waals surface area contributed by atoms with E-state index in [0.29, 0.717) is 23.5 Å². The van der Waals surface area contributed by atoms with E-state index in [0.717, 1.165) is 17.8 Å². The number of rotatable bonds is 7. The summed E-state index contributed by atoms with van der Waals surface area (Å²) in [4.78, 5) is 26.7. The normalized spacial score (nSPS) is 11.1. The van der Waals surface area contributed by atoms with E-state index in [1.807, 2.05) is 18.2 Å². The van der Waals surface area contributed by atoms with Crippen LogP contribution in [-0.2, 0) is 13.1 Å². The Morgan fingerprint density at radius 2 is 1.80 bits per heavy atom. The van der Waals surface area contributed by atoms with E-state index in [9.17, 15) is 13.6 Å². The molecule has 2 aromatic carbocycles. The van der Waals surface area contributed by atoms with Crippen LogP contribution in [0.25, 0.3) is 16.9 Å². The number of halogens is 2. The Balaban J connectivity index is 1.64. The maximum atomic E-state index is 14.4. The van der Waals surface area contributed by atoms with Crippen molar-refractivity contribution >= 4 is 17.1 Å². The summed E-state index contributed by atoms with van der Waals surface area (Å²) in [5, 5.41) is 3.10. The fourth-order valence-corrected chi connectivity index (χ4v) is 3.77. The van der Waals surface area contributed by atoms with Crippen LogP contribution in [0.1, 0.15) is 11.3 Å². The summed E-state index contributed by atoms with van der Waals surface area (Å²) in [6, 6.07) is 16.0. The van der Waals surface area contributed by atoms with Crippen LogP contribution in [0.2, 0.25) is 0 Å². The smallest absolute Gasteiger partial charge is 0.335 e. The molecule has 35 heavy (non-hydrogen) atoms. The van der Waals surface area contributed by atoms with Crippen LogP contribution in [-0.4, -0.2) is 31.2 Å². The molecule has 3 heterocycles. The number of nitrogens with one attached hydrogen (secondary N) is 1. The highest BCUT2D eigenvalue weighted by Crippen LogP contribution is 2.22. The first-order chi connectivity index (χ1) is 17.0. The quantitative estimate of drug-likeness (QED) is 0.385. The zero-order chi connectivity index (χ0) is 24.4. The lowest BCUT2D eigenvalue weighted by molar-refractivity contribution is 0.414. The van der Waals surface area contributed by atoms with Crippen LogP contribution in [0.15, 0.2) is 77.9 Å². The molecule has 8 nitrogen and oxygen atoms in total. The Labute approximate surface area is 198 Å². The lowest BCUT2D eigenvalue weighted by Gasteiger charge is -2.07. The van der Waals surface area contributed by atoms with E-state index in [-0.39, 0.29) is 23.7 Å². The van der Waals surface area contributed by atoms with Gasteiger partial charge >= 0.3 is 5.69 Å². The molecule has 0 bridgehead atoms. The van der Waals surface area contributed by atoms with Crippen molar-refractivity contribution in [1.29, 1.82) is 0 Å². The predicted octanol–water partition coefficient (Wildman–Crippen LogP) is 3.92. The molecule has 0 unspecified atom stereocenters. The molecule has 10 heteroatoms. The summed E-state index contributed by atoms with van der Waals surface area (Å²) < 4.78 is 36.7. The van der Waals surface area contributed by atoms with E-state index in [4.69, 9.17) is 4.74 Å². The molecular weight excluding hydrogens is 454 g/mol. The Kier molecular flexibility index (Phi) is 5.92. The summed E-state index contributed by atoms with van der Waals surface area (Å²) in [5.74, 6) is -0.672. The summed E-state index contributed by atoms with van der Waals surface area (Å²) in [5.41, 5.74) is 1.13. The molecule has 0 amide bonds. The van der Waals surface area contributed by atoms with E-state index in [1.165, 1.54) is 28.5 Å². The number of fused-ring (bicyclic) bond motifs is 1. The topological polar surface area (TPSA) is 86.9 Å². The van der Waals surface area contributed by atoms with Gasteiger partial charge in [-0.3, -0.25) is 9.55 Å². The Morgan fingerprint density at radius 3 is 2.54 bits per heavy atom. The van der Waals surface area contributed by atoms with Gasteiger partial charge in [0.25, 0.3) is 0 Å². The molecule has 0 saturated heterocycles. The third-order valence-electron chi connectivity index (χ3n) is 5.52. The van der Waals surface area contributed by atoms with Gasteiger partial charge in [0.15, 0.2) is 5.65 Å². The lowest BCUT2D eigenvalue weighted by atomic mass is 10.2. The van der Waals surface area contributed by atoms with Gasteiger partial charge < -0.3 is 10.1 Å². The largest absolute Gasteiger partial charge is 0.497 e. The third-order valence-corrected chi connectivity index (χ3v) is 5.52. The average Bonchev–Trinajstić information content (AvgIpc) is 3.16. The van der Waals surface area contributed by atoms with Gasteiger partial charge in [0, 0.05) is 17.8 Å². The van der Waals surface area contributed by atoms with E-state index in [1.54, 1.807) is 30.5 Å². The van der Waals surface area contributed by atoms with Crippen molar-refractivity contribution in [1.82, 2.24) is 24.1 Å². The van der Waals surface area contributed by atoms with Crippen LogP contribution in [0, 0.1) is 11.6 Å². The molecule has 0 aliphatic heterocycles. The minimum atomic E-state index is -0.742. The molecule has 3 aromatic heterocycles. The molecule has 0 spiro atoms. The van der Waals surface area contributed by atoms with E-state index >= 15 is 0 Å². The summed E-state index contributed by atoms with van der Waals surface area (Å²) in [6.45, 7) is 0.0474. The first kappa shape index (κ1) is 22.2. The van der Waals surface area contributed by atoms with Crippen molar-refractivity contribution in [2.75, 3.05) is 12.4 Å². The second kappa shape index (κ2) is 9.34. The molecule has 0 atom stereocenters. The molecule has 0 aliphatic rings. The average molecular weight is 474 g/mol. The molecule has 0 saturated carbocycles. The monoisotopic (exact) mass is 474 g/mol. The van der Waals surface area contributed by atoms with Crippen LogP contribution >= 0.6 is 0 Å². The SMILES string of the molecule is COc1cccc(-n2c(=O)n(Cc3c(F)cccc3F)c3cnc(NCc4ccccn4)nc32)c1. The maximum absolute atomic E-state index is 14.4. The number of hydrogen-bond donors (Lipinski definition) is 1. The number of aromatic nitrogens is 5. The lowest BCUT2D eigenvalue weighted by Crippen LogP contribution is -2.24. The first-order valence-corrected chi connectivity index (χ1v) is 10.7. The first-order valence-electron chi connectivity index (χ1n) is 10.7. The van der Waals surface area contributed by atoms with Gasteiger partial charge in [0.05, 0.1) is 37.8 Å². The molecule has 0 fully saturated rings. The van der Waals surface area contributed by atoms with Crippen LogP contribution in [0.4, 0.5) is 14.7 Å². The minimum absolute atomic E-state index is 0.225. The number of ether oxygens (including phenoxy) is 1. The fourth-order valence-electron chi connectivity index (χ4n) is 3.77. The number of pyridine rings is 1. The van der Waals surface area contributed by atoms with E-state index in [2.05, 4.69) is 20.3 Å². The number of hydrogen-bond acceptors (Lipinski definition) is 6. The summed E-state index contributed by atoms with van der Waals surface area (Å²) in [6.07, 6.45) is 3.14. The van der Waals surface area contributed by atoms with Crippen molar-refractivity contribution in [2.24, 2.45) is 0 Å². The zero-order valence-electron chi connectivity index (χ0n) is 18.7. The molecule has 0 radical (unpaired) electrons. The van der Waals surface area contributed by atoms with Gasteiger partial charge in [-0.15, -0.1) is 0 Å². The Morgan fingerprint density at radius 1 is 1.00 bits per heavy atom. The Bertz CT molecular complexity index is 1550. The number of methoxy groups -OCH3 is 1. The van der Waals surface area contributed by atoms with Gasteiger partial charge in [-0.1, -0.05) is 18.2 Å². The summed E-state index contributed by atoms with van der Waals surface area (Å²) in [7, 11) is 1.52. The van der Waals surface area contributed by atoms with Gasteiger partial charge in [-0.25, -0.2) is 23.1 Å². The van der Waals surface area contributed by atoms with Gasteiger partial charge in [0.1, 0.15) is 22.9 Å². The molecule has 5 aromatic rings. The van der Waals surface area contributed by atoms with Crippen molar-refractivity contribution in [3.8, 4) is 11.4 Å². The summed E-state index contributed by atoms with van der Waals surface area (Å²) >= 11 is 0. The number of benzene rings is 2. The highest BCUT2D eigenvalue weighted by molar-refractivity contribution is 5.74. The molecule has 0 aliphatic carbocycles. The van der Waals surface area contributed by atoms with Gasteiger partial charge in [0.2, 0.25) is 5.95 Å². The van der Waals surface area contributed by atoms with Gasteiger partial charge in [-0.2, -0.15) is 4.98 Å². The number of imidazole rings is 1. The highest BCUT2D eigenvalue weighted by atomic mass is 19.1. The van der Waals surface area contributed by atoms with Crippen molar-refractivity contribution in [2.45, 2.75) is 13.1 Å². The minimum Gasteiger partial charge on any atom is -0.497 e. The molecular formula is C25H20F2N6O2. The molecule has 176 valence electrons. The van der Waals surface area contributed by atoms with Crippen LogP contribution < -0.4 is 15.7 Å². The zero-order valence-corrected chi connectivity index (χ0v) is 18.7. The molecule has 1 N–H and O–H groups in total. The second-order valence-electron chi connectivity index (χ2n) is 7.68. The second-order valence-corrected chi connectivity index (χ2v) is 7.68. The van der Waals surface area contributed by atoms with Crippen molar-refractivity contribution < 1.29 is 13.5 Å². The van der Waals surface area contributed by atoms with Crippen molar-refractivity contribution in [3.63, 3.8) is 0 Å². The van der Waals surface area contributed by atoms with E-state index < -0.39 is 17.3 Å². The van der Waals surface area contributed by atoms with Crippen LogP contribution in [0.3, 0.4) is 0 Å².